The quantitative estimate of drug-likeness (QED) is 0.295. The van der Waals surface area contributed by atoms with Gasteiger partial charge in [0.15, 0.2) is 0 Å². The van der Waals surface area contributed by atoms with Crippen molar-refractivity contribution in [3.63, 3.8) is 0 Å². The van der Waals surface area contributed by atoms with Crippen LogP contribution in [0.3, 0.4) is 0 Å². The second-order valence-electron chi connectivity index (χ2n) is 3.47. The highest BCUT2D eigenvalue weighted by Gasteiger charge is 2.27. The summed E-state index contributed by atoms with van der Waals surface area (Å²) in [5, 5.41) is 9.49. The van der Waals surface area contributed by atoms with Gasteiger partial charge in [-0.05, 0) is 6.42 Å². The van der Waals surface area contributed by atoms with Crippen LogP contribution in [0.5, 0.6) is 0 Å². The number of quaternary nitrogens is 1. The van der Waals surface area contributed by atoms with Gasteiger partial charge in [-0.2, -0.15) is 0 Å². The van der Waals surface area contributed by atoms with E-state index in [0.717, 1.165) is 19.0 Å². The Hall–Kier alpha value is -0.870. The molecule has 0 radical (unpaired) electrons. The maximum Gasteiger partial charge on any atom is 0.351 e. The fraction of sp³-hybridized carbons (Fsp3) is 0.667. The molecule has 0 heterocycles. The van der Waals surface area contributed by atoms with Crippen LogP contribution in [0.15, 0.2) is 12.7 Å². The van der Waals surface area contributed by atoms with Gasteiger partial charge in [0.1, 0.15) is 0 Å². The third-order valence-corrected chi connectivity index (χ3v) is 1.79. The van der Waals surface area contributed by atoms with Crippen molar-refractivity contribution in [2.75, 3.05) is 20.6 Å². The third-order valence-electron chi connectivity index (χ3n) is 1.79. The van der Waals surface area contributed by atoms with Gasteiger partial charge in [-0.3, -0.25) is 4.48 Å². The fourth-order valence-corrected chi connectivity index (χ4v) is 0.981. The summed E-state index contributed by atoms with van der Waals surface area (Å²) in [4.78, 5) is 10.8. The lowest BCUT2D eigenvalue weighted by Gasteiger charge is -2.32. The SMILES string of the molecule is C=CC(=O)OC(O)[N+](C)(C)CCC. The summed E-state index contributed by atoms with van der Waals surface area (Å²) in [6.45, 7) is 5.99. The van der Waals surface area contributed by atoms with Crippen molar-refractivity contribution in [1.82, 2.24) is 0 Å². The van der Waals surface area contributed by atoms with Crippen LogP contribution in [0.4, 0.5) is 0 Å². The summed E-state index contributed by atoms with van der Waals surface area (Å²) in [5.74, 6) is -0.602. The molecule has 0 aliphatic rings. The Morgan fingerprint density at radius 1 is 1.69 bits per heavy atom. The molecule has 0 rings (SSSR count). The highest BCUT2D eigenvalue weighted by molar-refractivity contribution is 5.81. The number of nitrogens with zero attached hydrogens (tertiary/aromatic N) is 1. The zero-order valence-electron chi connectivity index (χ0n) is 8.49. The molecule has 1 atom stereocenters. The molecule has 0 aromatic rings. The molecule has 76 valence electrons. The summed E-state index contributed by atoms with van der Waals surface area (Å²) in [5.41, 5.74) is 0. The molecule has 0 fully saturated rings. The van der Waals surface area contributed by atoms with Gasteiger partial charge in [0.05, 0.1) is 20.6 Å². The summed E-state index contributed by atoms with van der Waals surface area (Å²) in [7, 11) is 3.59. The lowest BCUT2D eigenvalue weighted by molar-refractivity contribution is -0.958. The number of ether oxygens (including phenoxy) is 1. The van der Waals surface area contributed by atoms with Crippen LogP contribution in [-0.4, -0.2) is 42.6 Å². The zero-order valence-corrected chi connectivity index (χ0v) is 8.49. The molecule has 0 aliphatic heterocycles. The van der Waals surface area contributed by atoms with Gasteiger partial charge in [0, 0.05) is 6.08 Å². The van der Waals surface area contributed by atoms with Crippen molar-refractivity contribution in [3.8, 4) is 0 Å². The van der Waals surface area contributed by atoms with Crippen LogP contribution in [0.2, 0.25) is 0 Å². The van der Waals surface area contributed by atoms with Crippen LogP contribution in [0.25, 0.3) is 0 Å². The minimum Gasteiger partial charge on any atom is -0.384 e. The van der Waals surface area contributed by atoms with Gasteiger partial charge < -0.3 is 9.84 Å². The molecule has 0 aromatic heterocycles. The first kappa shape index (κ1) is 12.1. The fourth-order valence-electron chi connectivity index (χ4n) is 0.981. The Labute approximate surface area is 79.0 Å². The van der Waals surface area contributed by atoms with Crippen LogP contribution in [0, 0.1) is 0 Å². The second-order valence-corrected chi connectivity index (χ2v) is 3.47. The lowest BCUT2D eigenvalue weighted by Crippen LogP contribution is -2.51. The maximum atomic E-state index is 10.8. The average molecular weight is 188 g/mol. The van der Waals surface area contributed by atoms with E-state index < -0.39 is 12.4 Å². The van der Waals surface area contributed by atoms with E-state index in [0.29, 0.717) is 0 Å². The van der Waals surface area contributed by atoms with Gasteiger partial charge in [0.25, 0.3) is 0 Å². The molecule has 0 bridgehead atoms. The monoisotopic (exact) mass is 188 g/mol. The Kier molecular flexibility index (Phi) is 4.66. The van der Waals surface area contributed by atoms with Gasteiger partial charge in [-0.25, -0.2) is 4.79 Å². The van der Waals surface area contributed by atoms with Gasteiger partial charge in [-0.15, -0.1) is 0 Å². The van der Waals surface area contributed by atoms with Gasteiger partial charge in [-0.1, -0.05) is 13.5 Å². The second kappa shape index (κ2) is 4.99. The van der Waals surface area contributed by atoms with E-state index >= 15 is 0 Å². The van der Waals surface area contributed by atoms with E-state index in [1.807, 2.05) is 6.92 Å². The first-order valence-corrected chi connectivity index (χ1v) is 4.28. The van der Waals surface area contributed by atoms with Crippen molar-refractivity contribution >= 4 is 5.97 Å². The Bertz CT molecular complexity index is 189. The van der Waals surface area contributed by atoms with Crippen LogP contribution < -0.4 is 0 Å². The molecule has 0 saturated heterocycles. The molecule has 4 heteroatoms. The van der Waals surface area contributed by atoms with Crippen molar-refractivity contribution in [2.45, 2.75) is 19.8 Å². The number of carbonyl (C=O) groups excluding carboxylic acids is 1. The minimum absolute atomic E-state index is 0.246. The van der Waals surface area contributed by atoms with Crippen LogP contribution in [0.1, 0.15) is 13.3 Å². The number of hydrogen-bond donors (Lipinski definition) is 1. The molecule has 4 nitrogen and oxygen atoms in total. The van der Waals surface area contributed by atoms with Crippen molar-refractivity contribution in [3.05, 3.63) is 12.7 Å². The number of hydrogen-bond acceptors (Lipinski definition) is 3. The number of rotatable bonds is 5. The molecular weight excluding hydrogens is 170 g/mol. The number of carbonyl (C=O) groups is 1. The molecule has 0 aromatic carbocycles. The molecule has 0 aliphatic carbocycles. The standard InChI is InChI=1S/C9H18NO3/c1-5-7-10(3,4)9(12)13-8(11)6-2/h6,9,12H,2,5,7H2,1,3-4H3/q+1. The third kappa shape index (κ3) is 4.05. The van der Waals surface area contributed by atoms with E-state index in [1.54, 1.807) is 14.1 Å². The molecule has 13 heavy (non-hydrogen) atoms. The van der Waals surface area contributed by atoms with E-state index in [2.05, 4.69) is 11.3 Å². The lowest BCUT2D eigenvalue weighted by atomic mass is 10.4. The summed E-state index contributed by atoms with van der Waals surface area (Å²) in [6, 6.07) is 0. The molecule has 0 spiro atoms. The topological polar surface area (TPSA) is 46.5 Å². The van der Waals surface area contributed by atoms with E-state index in [4.69, 9.17) is 0 Å². The van der Waals surface area contributed by atoms with Crippen LogP contribution >= 0.6 is 0 Å². The Morgan fingerprint density at radius 3 is 2.62 bits per heavy atom. The molecule has 1 N–H and O–H groups in total. The molecule has 1 unspecified atom stereocenters. The van der Waals surface area contributed by atoms with E-state index in [-0.39, 0.29) is 4.48 Å². The van der Waals surface area contributed by atoms with Crippen molar-refractivity contribution < 1.29 is 19.1 Å². The zero-order chi connectivity index (χ0) is 10.5. The first-order valence-electron chi connectivity index (χ1n) is 4.28. The predicted octanol–water partition coefficient (Wildman–Crippen LogP) is 0.478. The van der Waals surface area contributed by atoms with Crippen molar-refractivity contribution in [1.29, 1.82) is 0 Å². The molecular formula is C9H18NO3+. The predicted molar refractivity (Wildman–Crippen MR) is 49.6 cm³/mol. The summed E-state index contributed by atoms with van der Waals surface area (Å²) < 4.78 is 4.93. The Balaban J connectivity index is 4.14. The number of aliphatic hydroxyl groups is 1. The largest absolute Gasteiger partial charge is 0.384 e. The molecule has 0 saturated carbocycles. The average Bonchev–Trinajstić information content (AvgIpc) is 2.04. The Morgan fingerprint density at radius 2 is 2.23 bits per heavy atom. The number of esters is 1. The van der Waals surface area contributed by atoms with Crippen molar-refractivity contribution in [2.24, 2.45) is 0 Å². The highest BCUT2D eigenvalue weighted by Crippen LogP contribution is 2.07. The summed E-state index contributed by atoms with van der Waals surface area (Å²) >= 11 is 0. The van der Waals surface area contributed by atoms with Crippen LogP contribution in [-0.2, 0) is 9.53 Å². The first-order chi connectivity index (χ1) is 5.94. The normalized spacial score (nSPS) is 13.5. The van der Waals surface area contributed by atoms with E-state index in [1.165, 1.54) is 0 Å². The van der Waals surface area contributed by atoms with Gasteiger partial charge in [0.2, 0.25) is 0 Å². The minimum atomic E-state index is -1.12. The smallest absolute Gasteiger partial charge is 0.351 e. The van der Waals surface area contributed by atoms with Gasteiger partial charge >= 0.3 is 12.4 Å². The maximum absolute atomic E-state index is 10.8. The van der Waals surface area contributed by atoms with E-state index in [9.17, 15) is 9.90 Å². The number of aliphatic hydroxyl groups excluding tert-OH is 1. The highest BCUT2D eigenvalue weighted by atomic mass is 16.7. The summed E-state index contributed by atoms with van der Waals surface area (Å²) in [6.07, 6.45) is 0.829. The molecule has 0 amide bonds.